The molecule has 0 amide bonds. The topological polar surface area (TPSA) is 45.0 Å². The minimum Gasteiger partial charge on any atom is -0.380 e. The van der Waals surface area contributed by atoms with Crippen LogP contribution < -0.4 is 5.32 Å². The van der Waals surface area contributed by atoms with Gasteiger partial charge >= 0.3 is 0 Å². The molecule has 0 aromatic heterocycles. The zero-order valence-electron chi connectivity index (χ0n) is 11.4. The van der Waals surface area contributed by atoms with Crippen LogP contribution in [0.15, 0.2) is 18.2 Å². The monoisotopic (exact) mass is 262 g/mol. The fourth-order valence-electron chi connectivity index (χ4n) is 2.42. The predicted molar refractivity (Wildman–Crippen MR) is 72.4 cm³/mol. The van der Waals surface area contributed by atoms with Crippen molar-refractivity contribution in [3.8, 4) is 6.07 Å². The molecule has 0 aliphatic carbocycles. The Hall–Kier alpha value is -1.60. The Morgan fingerprint density at radius 2 is 2.37 bits per heavy atom. The van der Waals surface area contributed by atoms with Gasteiger partial charge < -0.3 is 10.1 Å². The SMILES string of the molecule is CCC1(C)CC(Nc2ccc(C#N)cc2F)CCO1. The van der Waals surface area contributed by atoms with E-state index in [4.69, 9.17) is 10.00 Å². The number of nitrogens with one attached hydrogen (secondary N) is 1. The molecular formula is C15H19FN2O. The van der Waals surface area contributed by atoms with Gasteiger partial charge in [-0.3, -0.25) is 0 Å². The van der Waals surface area contributed by atoms with Crippen LogP contribution in [0, 0.1) is 17.1 Å². The highest BCUT2D eigenvalue weighted by molar-refractivity contribution is 5.49. The summed E-state index contributed by atoms with van der Waals surface area (Å²) in [5.41, 5.74) is 0.677. The van der Waals surface area contributed by atoms with Gasteiger partial charge in [-0.25, -0.2) is 4.39 Å². The number of hydrogen-bond donors (Lipinski definition) is 1. The molecule has 0 radical (unpaired) electrons. The Kier molecular flexibility index (Phi) is 4.06. The summed E-state index contributed by atoms with van der Waals surface area (Å²) >= 11 is 0. The molecule has 2 unspecified atom stereocenters. The van der Waals surface area contributed by atoms with E-state index >= 15 is 0 Å². The number of ether oxygens (including phenoxy) is 1. The van der Waals surface area contributed by atoms with E-state index in [1.54, 1.807) is 12.1 Å². The lowest BCUT2D eigenvalue weighted by Gasteiger charge is -2.38. The minimum absolute atomic E-state index is 0.126. The lowest BCUT2D eigenvalue weighted by Crippen LogP contribution is -2.42. The fraction of sp³-hybridized carbons (Fsp3) is 0.533. The van der Waals surface area contributed by atoms with Crippen LogP contribution in [0.1, 0.15) is 38.7 Å². The van der Waals surface area contributed by atoms with Gasteiger partial charge in [-0.05, 0) is 44.4 Å². The van der Waals surface area contributed by atoms with Crippen LogP contribution >= 0.6 is 0 Å². The maximum absolute atomic E-state index is 13.8. The van der Waals surface area contributed by atoms with Crippen molar-refractivity contribution in [3.63, 3.8) is 0 Å². The molecule has 1 saturated heterocycles. The van der Waals surface area contributed by atoms with E-state index < -0.39 is 0 Å². The van der Waals surface area contributed by atoms with E-state index in [2.05, 4.69) is 19.2 Å². The van der Waals surface area contributed by atoms with Gasteiger partial charge in [-0.2, -0.15) is 5.26 Å². The molecule has 0 spiro atoms. The van der Waals surface area contributed by atoms with E-state index in [-0.39, 0.29) is 17.5 Å². The van der Waals surface area contributed by atoms with Crippen LogP contribution in [-0.4, -0.2) is 18.2 Å². The van der Waals surface area contributed by atoms with Crippen molar-refractivity contribution in [3.05, 3.63) is 29.6 Å². The number of hydrogen-bond acceptors (Lipinski definition) is 3. The van der Waals surface area contributed by atoms with Crippen molar-refractivity contribution in [2.75, 3.05) is 11.9 Å². The Morgan fingerprint density at radius 3 is 3.00 bits per heavy atom. The van der Waals surface area contributed by atoms with Crippen LogP contribution in [0.3, 0.4) is 0 Å². The molecule has 1 aromatic carbocycles. The molecule has 3 nitrogen and oxygen atoms in total. The number of rotatable bonds is 3. The molecule has 1 fully saturated rings. The maximum atomic E-state index is 13.8. The summed E-state index contributed by atoms with van der Waals surface area (Å²) < 4.78 is 19.6. The highest BCUT2D eigenvalue weighted by atomic mass is 19.1. The van der Waals surface area contributed by atoms with Crippen molar-refractivity contribution in [1.82, 2.24) is 0 Å². The van der Waals surface area contributed by atoms with E-state index in [1.807, 2.05) is 6.07 Å². The third-order valence-electron chi connectivity index (χ3n) is 3.80. The molecule has 1 aliphatic rings. The van der Waals surface area contributed by atoms with E-state index in [0.29, 0.717) is 17.9 Å². The van der Waals surface area contributed by atoms with Crippen LogP contribution in [0.4, 0.5) is 10.1 Å². The Balaban J connectivity index is 2.07. The van der Waals surface area contributed by atoms with Gasteiger partial charge in [-0.15, -0.1) is 0 Å². The largest absolute Gasteiger partial charge is 0.380 e. The van der Waals surface area contributed by atoms with Crippen molar-refractivity contribution in [2.24, 2.45) is 0 Å². The second-order valence-corrected chi connectivity index (χ2v) is 5.29. The molecule has 2 rings (SSSR count). The highest BCUT2D eigenvalue weighted by Crippen LogP contribution is 2.30. The Labute approximate surface area is 113 Å². The predicted octanol–water partition coefficient (Wildman–Crippen LogP) is 3.46. The zero-order valence-corrected chi connectivity index (χ0v) is 11.4. The third kappa shape index (κ3) is 3.24. The maximum Gasteiger partial charge on any atom is 0.147 e. The van der Waals surface area contributed by atoms with Gasteiger partial charge in [0.15, 0.2) is 0 Å². The van der Waals surface area contributed by atoms with Crippen molar-refractivity contribution < 1.29 is 9.13 Å². The van der Waals surface area contributed by atoms with Crippen molar-refractivity contribution in [1.29, 1.82) is 5.26 Å². The van der Waals surface area contributed by atoms with Gasteiger partial charge in [0.05, 0.1) is 22.9 Å². The average Bonchev–Trinajstić information content (AvgIpc) is 2.41. The van der Waals surface area contributed by atoms with E-state index in [0.717, 1.165) is 19.3 Å². The molecule has 102 valence electrons. The summed E-state index contributed by atoms with van der Waals surface area (Å²) in [7, 11) is 0. The first-order chi connectivity index (χ1) is 9.06. The molecule has 0 bridgehead atoms. The summed E-state index contributed by atoms with van der Waals surface area (Å²) in [6, 6.07) is 6.67. The number of anilines is 1. The number of nitrogens with zero attached hydrogens (tertiary/aromatic N) is 1. The molecular weight excluding hydrogens is 243 g/mol. The highest BCUT2D eigenvalue weighted by Gasteiger charge is 2.31. The quantitative estimate of drug-likeness (QED) is 0.907. The van der Waals surface area contributed by atoms with E-state index in [9.17, 15) is 4.39 Å². The number of benzene rings is 1. The standard InChI is InChI=1S/C15H19FN2O/c1-3-15(2)9-12(6-7-19-15)18-14-5-4-11(10-17)8-13(14)16/h4-5,8,12,18H,3,6-7,9H2,1-2H3. The zero-order chi connectivity index (χ0) is 13.9. The number of nitriles is 1. The van der Waals surface area contributed by atoms with Gasteiger partial charge in [0, 0.05) is 12.6 Å². The number of halogens is 1. The summed E-state index contributed by atoms with van der Waals surface area (Å²) in [4.78, 5) is 0. The molecule has 4 heteroatoms. The smallest absolute Gasteiger partial charge is 0.147 e. The minimum atomic E-state index is -0.372. The normalized spacial score (nSPS) is 26.7. The second-order valence-electron chi connectivity index (χ2n) is 5.29. The average molecular weight is 262 g/mol. The van der Waals surface area contributed by atoms with Crippen LogP contribution in [0.2, 0.25) is 0 Å². The molecule has 1 aromatic rings. The molecule has 1 aliphatic heterocycles. The van der Waals surface area contributed by atoms with Gasteiger partial charge in [0.25, 0.3) is 0 Å². The van der Waals surface area contributed by atoms with Crippen LogP contribution in [0.25, 0.3) is 0 Å². The molecule has 1 heterocycles. The summed E-state index contributed by atoms with van der Waals surface area (Å²) in [5.74, 6) is -0.372. The van der Waals surface area contributed by atoms with E-state index in [1.165, 1.54) is 6.07 Å². The van der Waals surface area contributed by atoms with Crippen molar-refractivity contribution in [2.45, 2.75) is 44.8 Å². The van der Waals surface area contributed by atoms with Crippen LogP contribution in [0.5, 0.6) is 0 Å². The summed E-state index contributed by atoms with van der Waals surface area (Å²) in [6.45, 7) is 4.89. The van der Waals surface area contributed by atoms with Gasteiger partial charge in [0.1, 0.15) is 5.82 Å². The lowest BCUT2D eigenvalue weighted by atomic mass is 9.90. The lowest BCUT2D eigenvalue weighted by molar-refractivity contribution is -0.0709. The van der Waals surface area contributed by atoms with Gasteiger partial charge in [-0.1, -0.05) is 6.92 Å². The molecule has 0 saturated carbocycles. The molecule has 19 heavy (non-hydrogen) atoms. The summed E-state index contributed by atoms with van der Waals surface area (Å²) in [6.07, 6.45) is 2.68. The Morgan fingerprint density at radius 1 is 1.58 bits per heavy atom. The molecule has 1 N–H and O–H groups in total. The second kappa shape index (κ2) is 5.58. The van der Waals surface area contributed by atoms with Crippen LogP contribution in [-0.2, 0) is 4.74 Å². The first-order valence-corrected chi connectivity index (χ1v) is 6.66. The Bertz CT molecular complexity index is 497. The first-order valence-electron chi connectivity index (χ1n) is 6.66. The first kappa shape index (κ1) is 13.8. The molecule has 2 atom stereocenters. The summed E-state index contributed by atoms with van der Waals surface area (Å²) in [5, 5.41) is 11.9. The van der Waals surface area contributed by atoms with Gasteiger partial charge in [0.2, 0.25) is 0 Å². The van der Waals surface area contributed by atoms with Crippen molar-refractivity contribution >= 4 is 5.69 Å². The fourth-order valence-corrected chi connectivity index (χ4v) is 2.42. The third-order valence-corrected chi connectivity index (χ3v) is 3.80.